The van der Waals surface area contributed by atoms with Gasteiger partial charge < -0.3 is 15.5 Å². The second-order valence-corrected chi connectivity index (χ2v) is 5.09. The van der Waals surface area contributed by atoms with Crippen LogP contribution in [0, 0.1) is 5.41 Å². The fraction of sp³-hybridized carbons (Fsp3) is 0.500. The molecule has 1 heterocycles. The van der Waals surface area contributed by atoms with E-state index in [-0.39, 0.29) is 5.84 Å². The van der Waals surface area contributed by atoms with Gasteiger partial charge in [-0.05, 0) is 39.1 Å². The van der Waals surface area contributed by atoms with Crippen molar-refractivity contribution in [3.8, 4) is 0 Å². The van der Waals surface area contributed by atoms with E-state index in [0.717, 1.165) is 37.3 Å². The molecule has 0 spiro atoms. The number of amidine groups is 1. The summed E-state index contributed by atoms with van der Waals surface area (Å²) in [7, 11) is 2.16. The number of para-hydroxylation sites is 1. The normalized spacial score (nSPS) is 21.7. The lowest BCUT2D eigenvalue weighted by Gasteiger charge is -2.31. The number of anilines is 1. The van der Waals surface area contributed by atoms with Gasteiger partial charge in [-0.1, -0.05) is 12.1 Å². The Hall–Kier alpha value is -1.55. The number of nitrogen functional groups attached to an aromatic ring is 1. The second kappa shape index (κ2) is 5.40. The summed E-state index contributed by atoms with van der Waals surface area (Å²) in [6.07, 6.45) is 1.15. The van der Waals surface area contributed by atoms with Crippen LogP contribution < -0.4 is 10.6 Å². The zero-order chi connectivity index (χ0) is 13.1. The highest BCUT2D eigenvalue weighted by atomic mass is 15.2. The smallest absolute Gasteiger partial charge is 0.124 e. The Kier molecular flexibility index (Phi) is 3.87. The summed E-state index contributed by atoms with van der Waals surface area (Å²) >= 11 is 0. The lowest BCUT2D eigenvalue weighted by molar-refractivity contribution is 0.337. The van der Waals surface area contributed by atoms with Crippen LogP contribution in [-0.4, -0.2) is 43.5 Å². The van der Waals surface area contributed by atoms with Crippen molar-refractivity contribution in [3.63, 3.8) is 0 Å². The summed E-state index contributed by atoms with van der Waals surface area (Å²) in [5.41, 5.74) is 7.61. The van der Waals surface area contributed by atoms with Crippen LogP contribution in [0.4, 0.5) is 5.69 Å². The summed E-state index contributed by atoms with van der Waals surface area (Å²) in [6, 6.07) is 8.40. The average Bonchev–Trinajstić information content (AvgIpc) is 2.50. The van der Waals surface area contributed by atoms with Crippen molar-refractivity contribution < 1.29 is 0 Å². The standard InChI is InChI=1S/C14H22N4/c1-11-10-17(2)8-5-9-18(11)13-7-4-3-6-12(13)14(15)16/h3-4,6-7,11H,5,8-10H2,1-2H3,(H3,15,16). The van der Waals surface area contributed by atoms with Gasteiger partial charge in [0, 0.05) is 30.4 Å². The van der Waals surface area contributed by atoms with Crippen molar-refractivity contribution in [1.82, 2.24) is 4.90 Å². The molecule has 2 rings (SSSR count). The van der Waals surface area contributed by atoms with E-state index < -0.39 is 0 Å². The Labute approximate surface area is 109 Å². The largest absolute Gasteiger partial charge is 0.384 e. The van der Waals surface area contributed by atoms with E-state index in [1.54, 1.807) is 0 Å². The van der Waals surface area contributed by atoms with Crippen LogP contribution in [-0.2, 0) is 0 Å². The number of nitrogens with one attached hydrogen (secondary N) is 1. The highest BCUT2D eigenvalue weighted by molar-refractivity contribution is 6.00. The van der Waals surface area contributed by atoms with Crippen LogP contribution in [0.25, 0.3) is 0 Å². The predicted octanol–water partition coefficient (Wildman–Crippen LogP) is 1.50. The molecule has 1 saturated heterocycles. The summed E-state index contributed by atoms with van der Waals surface area (Å²) in [5, 5.41) is 7.70. The first-order valence-corrected chi connectivity index (χ1v) is 6.48. The molecule has 0 aromatic heterocycles. The molecule has 0 bridgehead atoms. The molecule has 98 valence electrons. The molecule has 3 N–H and O–H groups in total. The molecule has 0 amide bonds. The monoisotopic (exact) mass is 246 g/mol. The van der Waals surface area contributed by atoms with Crippen molar-refractivity contribution >= 4 is 11.5 Å². The number of hydrogen-bond donors (Lipinski definition) is 2. The number of likely N-dealkylation sites (N-methyl/N-ethyl adjacent to an activating group) is 1. The third kappa shape index (κ3) is 2.64. The van der Waals surface area contributed by atoms with Crippen LogP contribution in [0.1, 0.15) is 18.9 Å². The Bertz CT molecular complexity index is 430. The zero-order valence-corrected chi connectivity index (χ0v) is 11.2. The Morgan fingerprint density at radius 2 is 2.06 bits per heavy atom. The van der Waals surface area contributed by atoms with Gasteiger partial charge in [0.05, 0.1) is 0 Å². The van der Waals surface area contributed by atoms with E-state index in [2.05, 4.69) is 29.8 Å². The SMILES string of the molecule is CC1CN(C)CCCN1c1ccccc1C(=N)N. The van der Waals surface area contributed by atoms with Gasteiger partial charge in [0.2, 0.25) is 0 Å². The van der Waals surface area contributed by atoms with Crippen LogP contribution in [0.15, 0.2) is 24.3 Å². The van der Waals surface area contributed by atoms with Crippen molar-refractivity contribution in [3.05, 3.63) is 29.8 Å². The van der Waals surface area contributed by atoms with Gasteiger partial charge in [0.1, 0.15) is 5.84 Å². The maximum Gasteiger partial charge on any atom is 0.124 e. The number of rotatable bonds is 2. The number of hydrogen-bond acceptors (Lipinski definition) is 3. The van der Waals surface area contributed by atoms with Gasteiger partial charge in [-0.15, -0.1) is 0 Å². The molecule has 1 unspecified atom stereocenters. The maximum atomic E-state index is 7.70. The first-order valence-electron chi connectivity index (χ1n) is 6.48. The van der Waals surface area contributed by atoms with Crippen LogP contribution in [0.2, 0.25) is 0 Å². The molecule has 4 nitrogen and oxygen atoms in total. The summed E-state index contributed by atoms with van der Waals surface area (Å²) in [4.78, 5) is 4.74. The van der Waals surface area contributed by atoms with Gasteiger partial charge >= 0.3 is 0 Å². The van der Waals surface area contributed by atoms with Crippen molar-refractivity contribution in [2.75, 3.05) is 31.6 Å². The molecule has 1 fully saturated rings. The first-order chi connectivity index (χ1) is 8.59. The third-order valence-corrected chi connectivity index (χ3v) is 3.55. The second-order valence-electron chi connectivity index (χ2n) is 5.09. The average molecular weight is 246 g/mol. The van der Waals surface area contributed by atoms with E-state index >= 15 is 0 Å². The molecule has 1 aliphatic heterocycles. The maximum absolute atomic E-state index is 7.70. The summed E-state index contributed by atoms with van der Waals surface area (Å²) in [6.45, 7) is 5.43. The van der Waals surface area contributed by atoms with E-state index in [1.165, 1.54) is 0 Å². The van der Waals surface area contributed by atoms with Gasteiger partial charge in [0.25, 0.3) is 0 Å². The van der Waals surface area contributed by atoms with E-state index in [0.29, 0.717) is 6.04 Å². The Morgan fingerprint density at radius 1 is 1.33 bits per heavy atom. The van der Waals surface area contributed by atoms with Gasteiger partial charge in [-0.2, -0.15) is 0 Å². The van der Waals surface area contributed by atoms with Crippen molar-refractivity contribution in [2.24, 2.45) is 5.73 Å². The first kappa shape index (κ1) is 12.9. The fourth-order valence-corrected chi connectivity index (χ4v) is 2.68. The molecule has 0 aliphatic carbocycles. The number of benzene rings is 1. The molecular weight excluding hydrogens is 224 g/mol. The van der Waals surface area contributed by atoms with Crippen LogP contribution >= 0.6 is 0 Å². The minimum atomic E-state index is 0.149. The number of nitrogens with two attached hydrogens (primary N) is 1. The molecule has 0 radical (unpaired) electrons. The highest BCUT2D eigenvalue weighted by Crippen LogP contribution is 2.24. The van der Waals surface area contributed by atoms with Crippen LogP contribution in [0.5, 0.6) is 0 Å². The van der Waals surface area contributed by atoms with E-state index in [4.69, 9.17) is 11.1 Å². The molecule has 4 heteroatoms. The minimum absolute atomic E-state index is 0.149. The van der Waals surface area contributed by atoms with Gasteiger partial charge in [0.15, 0.2) is 0 Å². The third-order valence-electron chi connectivity index (χ3n) is 3.55. The fourth-order valence-electron chi connectivity index (χ4n) is 2.68. The lowest BCUT2D eigenvalue weighted by atomic mass is 10.1. The number of nitrogens with zero attached hydrogens (tertiary/aromatic N) is 2. The molecule has 1 aromatic carbocycles. The molecule has 18 heavy (non-hydrogen) atoms. The molecule has 1 aliphatic rings. The highest BCUT2D eigenvalue weighted by Gasteiger charge is 2.22. The van der Waals surface area contributed by atoms with Crippen molar-refractivity contribution in [1.29, 1.82) is 5.41 Å². The zero-order valence-electron chi connectivity index (χ0n) is 11.2. The topological polar surface area (TPSA) is 56.4 Å². The molecule has 1 atom stereocenters. The van der Waals surface area contributed by atoms with Gasteiger partial charge in [-0.25, -0.2) is 0 Å². The quantitative estimate of drug-likeness (QED) is 0.614. The van der Waals surface area contributed by atoms with E-state index in [1.807, 2.05) is 18.2 Å². The molecule has 1 aromatic rings. The van der Waals surface area contributed by atoms with E-state index in [9.17, 15) is 0 Å². The lowest BCUT2D eigenvalue weighted by Crippen LogP contribution is -2.39. The van der Waals surface area contributed by atoms with Gasteiger partial charge in [-0.3, -0.25) is 5.41 Å². The van der Waals surface area contributed by atoms with Crippen molar-refractivity contribution in [2.45, 2.75) is 19.4 Å². The summed E-state index contributed by atoms with van der Waals surface area (Å²) in [5.74, 6) is 0.149. The van der Waals surface area contributed by atoms with Crippen LogP contribution in [0.3, 0.4) is 0 Å². The predicted molar refractivity (Wildman–Crippen MR) is 76.4 cm³/mol. The molecule has 0 saturated carbocycles. The minimum Gasteiger partial charge on any atom is -0.384 e. The Morgan fingerprint density at radius 3 is 2.78 bits per heavy atom. The molecular formula is C14H22N4. The Balaban J connectivity index is 2.32. The summed E-state index contributed by atoms with van der Waals surface area (Å²) < 4.78 is 0.